The second-order valence-corrected chi connectivity index (χ2v) is 4.59. The fourth-order valence-corrected chi connectivity index (χ4v) is 2.62. The normalized spacial score (nSPS) is 21.3. The number of hydrogen-bond donors (Lipinski definition) is 2. The van der Waals surface area contributed by atoms with Crippen molar-refractivity contribution in [1.29, 1.82) is 0 Å². The van der Waals surface area contributed by atoms with Crippen molar-refractivity contribution in [3.63, 3.8) is 0 Å². The van der Waals surface area contributed by atoms with Gasteiger partial charge in [0.25, 0.3) is 0 Å². The van der Waals surface area contributed by atoms with Crippen LogP contribution >= 0.6 is 27.3 Å². The maximum atomic E-state index is 9.82. The largest absolute Gasteiger partial charge is 0.382 e. The fourth-order valence-electron chi connectivity index (χ4n) is 1.09. The van der Waals surface area contributed by atoms with E-state index in [-0.39, 0.29) is 0 Å². The van der Waals surface area contributed by atoms with Gasteiger partial charge in [-0.2, -0.15) is 0 Å². The molecule has 1 fully saturated rings. The highest BCUT2D eigenvalue weighted by Gasteiger charge is 2.37. The lowest BCUT2D eigenvalue weighted by atomic mass is 9.96. The quantitative estimate of drug-likeness (QED) is 0.767. The third kappa shape index (κ3) is 1.24. The van der Waals surface area contributed by atoms with Crippen LogP contribution in [0, 0.1) is 0 Å². The molecule has 0 spiro atoms. The Hall–Kier alpha value is 0.1000. The SMILES string of the molecule is OC1(c2cc(Br)cs2)CNC1. The van der Waals surface area contributed by atoms with E-state index >= 15 is 0 Å². The van der Waals surface area contributed by atoms with Crippen LogP contribution in [0.1, 0.15) is 4.88 Å². The van der Waals surface area contributed by atoms with E-state index in [1.54, 1.807) is 11.3 Å². The van der Waals surface area contributed by atoms with Crippen molar-refractivity contribution in [2.45, 2.75) is 5.60 Å². The van der Waals surface area contributed by atoms with E-state index in [0.29, 0.717) is 13.1 Å². The molecule has 1 aromatic heterocycles. The summed E-state index contributed by atoms with van der Waals surface area (Å²) in [5.41, 5.74) is -0.587. The van der Waals surface area contributed by atoms with Crippen molar-refractivity contribution in [3.05, 3.63) is 20.8 Å². The maximum absolute atomic E-state index is 9.82. The first-order valence-corrected chi connectivity index (χ1v) is 5.06. The molecule has 4 heteroatoms. The Balaban J connectivity index is 2.28. The average Bonchev–Trinajstić information content (AvgIpc) is 2.31. The fraction of sp³-hybridized carbons (Fsp3) is 0.429. The Labute approximate surface area is 77.4 Å². The molecule has 2 nitrogen and oxygen atoms in total. The molecule has 0 saturated carbocycles. The Morgan fingerprint density at radius 3 is 2.73 bits per heavy atom. The standard InChI is InChI=1S/C7H8BrNOS/c8-5-1-6(11-2-5)7(10)3-9-4-7/h1-2,9-10H,3-4H2. The summed E-state index contributed by atoms with van der Waals surface area (Å²) in [7, 11) is 0. The summed E-state index contributed by atoms with van der Waals surface area (Å²) in [6.45, 7) is 1.36. The van der Waals surface area contributed by atoms with Gasteiger partial charge in [0, 0.05) is 27.8 Å². The van der Waals surface area contributed by atoms with Gasteiger partial charge in [0.15, 0.2) is 0 Å². The number of thiophene rings is 1. The molecule has 0 radical (unpaired) electrons. The summed E-state index contributed by atoms with van der Waals surface area (Å²) in [4.78, 5) is 1.04. The van der Waals surface area contributed by atoms with Crippen LogP contribution in [0.25, 0.3) is 0 Å². The molecular formula is C7H8BrNOS. The summed E-state index contributed by atoms with van der Waals surface area (Å²) < 4.78 is 1.05. The van der Waals surface area contributed by atoms with Crippen molar-refractivity contribution in [2.75, 3.05) is 13.1 Å². The van der Waals surface area contributed by atoms with Gasteiger partial charge in [-0.05, 0) is 22.0 Å². The van der Waals surface area contributed by atoms with E-state index in [1.807, 2.05) is 11.4 Å². The molecule has 2 heterocycles. The zero-order valence-electron chi connectivity index (χ0n) is 5.80. The molecule has 0 aliphatic carbocycles. The summed E-state index contributed by atoms with van der Waals surface area (Å²) in [6, 6.07) is 1.98. The maximum Gasteiger partial charge on any atom is 0.123 e. The molecule has 60 valence electrons. The van der Waals surface area contributed by atoms with Crippen LogP contribution in [0.15, 0.2) is 15.9 Å². The zero-order chi connectivity index (χ0) is 7.90. The molecule has 2 rings (SSSR count). The smallest absolute Gasteiger partial charge is 0.123 e. The highest BCUT2D eigenvalue weighted by molar-refractivity contribution is 9.10. The van der Waals surface area contributed by atoms with Crippen LogP contribution < -0.4 is 5.32 Å². The Kier molecular flexibility index (Phi) is 1.79. The van der Waals surface area contributed by atoms with E-state index in [4.69, 9.17) is 0 Å². The average molecular weight is 234 g/mol. The molecule has 1 saturated heterocycles. The van der Waals surface area contributed by atoms with Crippen LogP contribution in [0.2, 0.25) is 0 Å². The van der Waals surface area contributed by atoms with Crippen molar-refractivity contribution in [2.24, 2.45) is 0 Å². The van der Waals surface area contributed by atoms with E-state index in [0.717, 1.165) is 9.35 Å². The predicted octanol–water partition coefficient (Wildman–Crippen LogP) is 1.30. The van der Waals surface area contributed by atoms with Crippen LogP contribution in [0.5, 0.6) is 0 Å². The predicted molar refractivity (Wildman–Crippen MR) is 48.8 cm³/mol. The number of aliphatic hydroxyl groups is 1. The van der Waals surface area contributed by atoms with Gasteiger partial charge in [-0.25, -0.2) is 0 Å². The van der Waals surface area contributed by atoms with Crippen molar-refractivity contribution < 1.29 is 5.11 Å². The summed E-state index contributed by atoms with van der Waals surface area (Å²) in [5, 5.41) is 14.9. The molecule has 1 aliphatic heterocycles. The van der Waals surface area contributed by atoms with Gasteiger partial charge < -0.3 is 10.4 Å². The van der Waals surface area contributed by atoms with E-state index in [9.17, 15) is 5.11 Å². The monoisotopic (exact) mass is 233 g/mol. The topological polar surface area (TPSA) is 32.3 Å². The Morgan fingerprint density at radius 1 is 1.64 bits per heavy atom. The third-order valence-corrected chi connectivity index (χ3v) is 3.75. The van der Waals surface area contributed by atoms with E-state index in [1.165, 1.54) is 0 Å². The van der Waals surface area contributed by atoms with Crippen LogP contribution in [0.3, 0.4) is 0 Å². The van der Waals surface area contributed by atoms with E-state index in [2.05, 4.69) is 21.2 Å². The molecule has 11 heavy (non-hydrogen) atoms. The number of halogens is 1. The lowest BCUT2D eigenvalue weighted by Gasteiger charge is -2.36. The highest BCUT2D eigenvalue weighted by atomic mass is 79.9. The zero-order valence-corrected chi connectivity index (χ0v) is 8.20. The highest BCUT2D eigenvalue weighted by Crippen LogP contribution is 2.32. The minimum atomic E-state index is -0.587. The van der Waals surface area contributed by atoms with Crippen molar-refractivity contribution in [1.82, 2.24) is 5.32 Å². The van der Waals surface area contributed by atoms with E-state index < -0.39 is 5.60 Å². The first-order valence-electron chi connectivity index (χ1n) is 3.38. The summed E-state index contributed by atoms with van der Waals surface area (Å²) >= 11 is 4.95. The van der Waals surface area contributed by atoms with Gasteiger partial charge in [-0.15, -0.1) is 11.3 Å². The summed E-state index contributed by atoms with van der Waals surface area (Å²) in [5.74, 6) is 0. The summed E-state index contributed by atoms with van der Waals surface area (Å²) in [6.07, 6.45) is 0. The minimum absolute atomic E-state index is 0.587. The van der Waals surface area contributed by atoms with Crippen molar-refractivity contribution >= 4 is 27.3 Å². The number of β-amino-alcohol motifs (C(OH)–C–C–N with tert-alkyl or cyclic N) is 1. The second-order valence-electron chi connectivity index (χ2n) is 2.76. The number of hydrogen-bond acceptors (Lipinski definition) is 3. The first-order chi connectivity index (χ1) is 5.21. The Bertz CT molecular complexity index is 269. The second kappa shape index (κ2) is 2.55. The van der Waals surface area contributed by atoms with Crippen LogP contribution in [-0.4, -0.2) is 18.2 Å². The van der Waals surface area contributed by atoms with Gasteiger partial charge in [-0.3, -0.25) is 0 Å². The lowest BCUT2D eigenvalue weighted by Crippen LogP contribution is -2.56. The molecule has 0 amide bonds. The molecule has 1 aromatic rings. The van der Waals surface area contributed by atoms with Gasteiger partial charge in [0.05, 0.1) is 0 Å². The molecule has 2 N–H and O–H groups in total. The van der Waals surface area contributed by atoms with Crippen molar-refractivity contribution in [3.8, 4) is 0 Å². The molecule has 0 bridgehead atoms. The molecule has 0 atom stereocenters. The molecule has 0 unspecified atom stereocenters. The molecule has 1 aliphatic rings. The number of rotatable bonds is 1. The molecule has 0 aromatic carbocycles. The number of nitrogens with one attached hydrogen (secondary N) is 1. The van der Waals surface area contributed by atoms with Gasteiger partial charge in [0.2, 0.25) is 0 Å². The minimum Gasteiger partial charge on any atom is -0.382 e. The first kappa shape index (κ1) is 7.73. The van der Waals surface area contributed by atoms with Gasteiger partial charge >= 0.3 is 0 Å². The molecular weight excluding hydrogens is 226 g/mol. The van der Waals surface area contributed by atoms with Crippen LogP contribution in [0.4, 0.5) is 0 Å². The lowest BCUT2D eigenvalue weighted by molar-refractivity contribution is -0.0112. The Morgan fingerprint density at radius 2 is 2.36 bits per heavy atom. The van der Waals surface area contributed by atoms with Gasteiger partial charge in [0.1, 0.15) is 5.60 Å². The third-order valence-electron chi connectivity index (χ3n) is 1.86. The van der Waals surface area contributed by atoms with Gasteiger partial charge in [-0.1, -0.05) is 0 Å². The van der Waals surface area contributed by atoms with Crippen LogP contribution in [-0.2, 0) is 5.60 Å².